The summed E-state index contributed by atoms with van der Waals surface area (Å²) >= 11 is 0. The van der Waals surface area contributed by atoms with Gasteiger partial charge < -0.3 is 5.32 Å². The first-order valence-electron chi connectivity index (χ1n) is 6.15. The van der Waals surface area contributed by atoms with Crippen molar-refractivity contribution in [3.8, 4) is 0 Å². The molecule has 1 amide bonds. The van der Waals surface area contributed by atoms with Gasteiger partial charge in [-0.15, -0.1) is 0 Å². The van der Waals surface area contributed by atoms with Gasteiger partial charge in [-0.3, -0.25) is 4.79 Å². The molecule has 1 aliphatic rings. The first kappa shape index (κ1) is 15.7. The van der Waals surface area contributed by atoms with Gasteiger partial charge in [0, 0.05) is 12.1 Å². The molecule has 2 rings (SSSR count). The van der Waals surface area contributed by atoms with Gasteiger partial charge in [-0.25, -0.2) is 0 Å². The predicted octanol–water partition coefficient (Wildman–Crippen LogP) is 3.86. The van der Waals surface area contributed by atoms with Crippen LogP contribution in [0.15, 0.2) is 18.2 Å². The minimum Gasteiger partial charge on any atom is -0.352 e. The molecule has 0 aromatic heterocycles. The average Bonchev–Trinajstić information content (AvgIpc) is 3.17. The maximum Gasteiger partial charge on any atom is 0.416 e. The Hall–Kier alpha value is -1.73. The van der Waals surface area contributed by atoms with Crippen LogP contribution in [-0.4, -0.2) is 12.5 Å². The van der Waals surface area contributed by atoms with Crippen LogP contribution in [0.4, 0.5) is 26.3 Å². The topological polar surface area (TPSA) is 29.1 Å². The van der Waals surface area contributed by atoms with Crippen LogP contribution in [0.25, 0.3) is 0 Å². The second kappa shape index (κ2) is 5.23. The highest BCUT2D eigenvalue weighted by Crippen LogP contribution is 2.36. The number of alkyl halides is 6. The smallest absolute Gasteiger partial charge is 0.352 e. The van der Waals surface area contributed by atoms with E-state index in [-0.39, 0.29) is 18.5 Å². The van der Waals surface area contributed by atoms with E-state index < -0.39 is 35.0 Å². The van der Waals surface area contributed by atoms with Crippen LogP contribution in [0.5, 0.6) is 0 Å². The lowest BCUT2D eigenvalue weighted by Gasteiger charge is -2.14. The van der Waals surface area contributed by atoms with E-state index in [1.807, 2.05) is 0 Å². The number of rotatable bonds is 3. The molecule has 0 aliphatic heterocycles. The number of benzene rings is 1. The molecule has 21 heavy (non-hydrogen) atoms. The van der Waals surface area contributed by atoms with Crippen LogP contribution in [0.1, 0.15) is 34.3 Å². The summed E-state index contributed by atoms with van der Waals surface area (Å²) in [4.78, 5) is 11.7. The summed E-state index contributed by atoms with van der Waals surface area (Å²) in [6, 6.07) is 0.854. The Balaban J connectivity index is 2.32. The summed E-state index contributed by atoms with van der Waals surface area (Å²) in [6.07, 6.45) is -8.10. The Morgan fingerprint density at radius 1 is 1.00 bits per heavy atom. The third-order valence-corrected chi connectivity index (χ3v) is 3.10. The zero-order valence-electron chi connectivity index (χ0n) is 10.6. The van der Waals surface area contributed by atoms with Crippen molar-refractivity contribution in [2.75, 3.05) is 6.54 Å². The van der Waals surface area contributed by atoms with Crippen LogP contribution in [-0.2, 0) is 12.4 Å². The fourth-order valence-corrected chi connectivity index (χ4v) is 1.75. The Kier molecular flexibility index (Phi) is 3.90. The van der Waals surface area contributed by atoms with Crippen molar-refractivity contribution < 1.29 is 31.1 Å². The second-order valence-electron chi connectivity index (χ2n) is 4.95. The molecular formula is C13H11F6NO. The molecule has 0 bridgehead atoms. The van der Waals surface area contributed by atoms with Crippen molar-refractivity contribution in [2.24, 2.45) is 5.92 Å². The number of carbonyl (C=O) groups is 1. The number of carbonyl (C=O) groups excluding carboxylic acids is 1. The summed E-state index contributed by atoms with van der Waals surface area (Å²) < 4.78 is 75.7. The van der Waals surface area contributed by atoms with Crippen molar-refractivity contribution in [1.29, 1.82) is 0 Å². The Bertz CT molecular complexity index is 512. The normalized spacial score (nSPS) is 15.9. The van der Waals surface area contributed by atoms with Gasteiger partial charge in [0.05, 0.1) is 11.1 Å². The second-order valence-corrected chi connectivity index (χ2v) is 4.95. The number of hydrogen-bond acceptors (Lipinski definition) is 1. The third-order valence-electron chi connectivity index (χ3n) is 3.10. The van der Waals surface area contributed by atoms with E-state index in [4.69, 9.17) is 0 Å². The summed E-state index contributed by atoms with van der Waals surface area (Å²) in [6.45, 7) is 0.260. The molecule has 0 radical (unpaired) electrons. The SMILES string of the molecule is O=C(NCC1CC1)c1cc(C(F)(F)F)cc(C(F)(F)F)c1. The van der Waals surface area contributed by atoms with Gasteiger partial charge in [-0.05, 0) is 37.0 Å². The maximum absolute atomic E-state index is 12.6. The van der Waals surface area contributed by atoms with Crippen LogP contribution in [0.3, 0.4) is 0 Å². The molecule has 8 heteroatoms. The lowest BCUT2D eigenvalue weighted by molar-refractivity contribution is -0.143. The zero-order chi connectivity index (χ0) is 15.8. The van der Waals surface area contributed by atoms with E-state index >= 15 is 0 Å². The summed E-state index contributed by atoms with van der Waals surface area (Å²) in [5.74, 6) is -0.666. The monoisotopic (exact) mass is 311 g/mol. The van der Waals surface area contributed by atoms with Crippen molar-refractivity contribution in [3.63, 3.8) is 0 Å². The predicted molar refractivity (Wildman–Crippen MR) is 61.5 cm³/mol. The van der Waals surface area contributed by atoms with Crippen molar-refractivity contribution in [2.45, 2.75) is 25.2 Å². The number of halogens is 6. The van der Waals surface area contributed by atoms with E-state index in [2.05, 4.69) is 5.32 Å². The first-order chi connectivity index (χ1) is 9.57. The Morgan fingerprint density at radius 2 is 1.48 bits per heavy atom. The first-order valence-corrected chi connectivity index (χ1v) is 6.15. The highest BCUT2D eigenvalue weighted by Gasteiger charge is 2.37. The lowest BCUT2D eigenvalue weighted by Crippen LogP contribution is -2.26. The molecule has 1 fully saturated rings. The minimum atomic E-state index is -4.95. The molecule has 1 saturated carbocycles. The van der Waals surface area contributed by atoms with Crippen LogP contribution >= 0.6 is 0 Å². The van der Waals surface area contributed by atoms with Crippen LogP contribution in [0.2, 0.25) is 0 Å². The van der Waals surface area contributed by atoms with Gasteiger partial charge in [0.25, 0.3) is 5.91 Å². The summed E-state index contributed by atoms with van der Waals surface area (Å²) in [5.41, 5.74) is -3.62. The molecule has 0 saturated heterocycles. The summed E-state index contributed by atoms with van der Waals surface area (Å²) in [5, 5.41) is 2.34. The average molecular weight is 311 g/mol. The fraction of sp³-hybridized carbons (Fsp3) is 0.462. The van der Waals surface area contributed by atoms with E-state index in [1.54, 1.807) is 0 Å². The van der Waals surface area contributed by atoms with Gasteiger partial charge in [-0.2, -0.15) is 26.3 Å². The third kappa shape index (κ3) is 4.12. The molecule has 1 aromatic carbocycles. The molecule has 0 spiro atoms. The molecular weight excluding hydrogens is 300 g/mol. The summed E-state index contributed by atoms with van der Waals surface area (Å²) in [7, 11) is 0. The van der Waals surface area contributed by atoms with Gasteiger partial charge in [0.15, 0.2) is 0 Å². The van der Waals surface area contributed by atoms with Crippen molar-refractivity contribution in [3.05, 3.63) is 34.9 Å². The Morgan fingerprint density at radius 3 is 1.86 bits per heavy atom. The standard InChI is InChI=1S/C13H11F6NO/c14-12(15,16)9-3-8(4-10(5-9)13(17,18)19)11(21)20-6-7-1-2-7/h3-5,7H,1-2,6H2,(H,20,21). The molecule has 0 unspecified atom stereocenters. The largest absolute Gasteiger partial charge is 0.416 e. The number of amides is 1. The van der Waals surface area contributed by atoms with Gasteiger partial charge in [0.2, 0.25) is 0 Å². The maximum atomic E-state index is 12.6. The fourth-order valence-electron chi connectivity index (χ4n) is 1.75. The Labute approximate surface area is 116 Å². The quantitative estimate of drug-likeness (QED) is 0.844. The van der Waals surface area contributed by atoms with Crippen molar-refractivity contribution in [1.82, 2.24) is 5.32 Å². The van der Waals surface area contributed by atoms with Crippen LogP contribution in [0, 0.1) is 5.92 Å². The molecule has 1 N–H and O–H groups in total. The van der Waals surface area contributed by atoms with Gasteiger partial charge in [-0.1, -0.05) is 0 Å². The molecule has 1 aromatic rings. The number of hydrogen-bond donors (Lipinski definition) is 1. The van der Waals surface area contributed by atoms with Crippen molar-refractivity contribution >= 4 is 5.91 Å². The molecule has 0 heterocycles. The van der Waals surface area contributed by atoms with Gasteiger partial charge in [0.1, 0.15) is 0 Å². The van der Waals surface area contributed by atoms with Crippen LogP contribution < -0.4 is 5.32 Å². The molecule has 116 valence electrons. The highest BCUT2D eigenvalue weighted by atomic mass is 19.4. The molecule has 1 aliphatic carbocycles. The van der Waals surface area contributed by atoms with E-state index in [0.29, 0.717) is 12.1 Å². The zero-order valence-corrected chi connectivity index (χ0v) is 10.6. The minimum absolute atomic E-state index is 0.00231. The van der Waals surface area contributed by atoms with E-state index in [9.17, 15) is 31.1 Å². The molecule has 0 atom stereocenters. The van der Waals surface area contributed by atoms with E-state index in [0.717, 1.165) is 12.8 Å². The number of nitrogens with one attached hydrogen (secondary N) is 1. The molecule has 2 nitrogen and oxygen atoms in total. The highest BCUT2D eigenvalue weighted by molar-refractivity contribution is 5.94. The van der Waals surface area contributed by atoms with Gasteiger partial charge >= 0.3 is 12.4 Å². The lowest BCUT2D eigenvalue weighted by atomic mass is 10.0. The van der Waals surface area contributed by atoms with E-state index in [1.165, 1.54) is 0 Å².